The molecule has 0 aliphatic carbocycles. The van der Waals surface area contributed by atoms with Gasteiger partial charge in [-0.15, -0.1) is 24.0 Å². The lowest BCUT2D eigenvalue weighted by Gasteiger charge is -2.21. The van der Waals surface area contributed by atoms with Gasteiger partial charge in [0.15, 0.2) is 5.96 Å². The zero-order valence-electron chi connectivity index (χ0n) is 15.8. The summed E-state index contributed by atoms with van der Waals surface area (Å²) in [4.78, 5) is 10.8. The van der Waals surface area contributed by atoms with Crippen LogP contribution in [0.2, 0.25) is 5.02 Å². The van der Waals surface area contributed by atoms with E-state index >= 15 is 0 Å². The molecular weight excluding hydrogens is 489 g/mol. The van der Waals surface area contributed by atoms with Crippen LogP contribution in [0.1, 0.15) is 11.5 Å². The number of guanidine groups is 1. The predicted octanol–water partition coefficient (Wildman–Crippen LogP) is 4.26. The van der Waals surface area contributed by atoms with Crippen LogP contribution in [0.4, 0.5) is 0 Å². The molecule has 0 aliphatic rings. The van der Waals surface area contributed by atoms with Gasteiger partial charge in [0.25, 0.3) is 0 Å². The molecule has 0 spiro atoms. The van der Waals surface area contributed by atoms with Crippen molar-refractivity contribution in [1.29, 1.82) is 0 Å². The number of rotatable bonds is 6. The van der Waals surface area contributed by atoms with Crippen LogP contribution in [-0.2, 0) is 13.0 Å². The normalized spacial score (nSPS) is 11.0. The highest BCUT2D eigenvalue weighted by atomic mass is 127. The maximum Gasteiger partial charge on any atom is 0.228 e. The third kappa shape index (κ3) is 6.20. The summed E-state index contributed by atoms with van der Waals surface area (Å²) in [5.74, 6) is 1.96. The summed E-state index contributed by atoms with van der Waals surface area (Å²) < 4.78 is 5.33. The molecule has 0 radical (unpaired) electrons. The highest BCUT2D eigenvalue weighted by molar-refractivity contribution is 14.0. The Balaban J connectivity index is 0.00000280. The Morgan fingerprint density at radius 2 is 1.86 bits per heavy atom. The Bertz CT molecular complexity index is 883. The topological polar surface area (TPSA) is 66.5 Å². The van der Waals surface area contributed by atoms with Gasteiger partial charge in [0.05, 0.1) is 0 Å². The Morgan fingerprint density at radius 3 is 2.54 bits per heavy atom. The van der Waals surface area contributed by atoms with Crippen LogP contribution in [0.25, 0.3) is 11.4 Å². The van der Waals surface area contributed by atoms with Gasteiger partial charge >= 0.3 is 0 Å². The molecule has 0 aliphatic heterocycles. The molecule has 148 valence electrons. The highest BCUT2D eigenvalue weighted by Crippen LogP contribution is 2.18. The van der Waals surface area contributed by atoms with Crippen molar-refractivity contribution in [1.82, 2.24) is 20.4 Å². The number of hydrogen-bond acceptors (Lipinski definition) is 4. The minimum Gasteiger partial charge on any atom is -0.356 e. The molecule has 0 fully saturated rings. The number of aromatic nitrogens is 2. The molecule has 1 heterocycles. The van der Waals surface area contributed by atoms with Gasteiger partial charge in [-0.3, -0.25) is 4.99 Å². The zero-order valence-corrected chi connectivity index (χ0v) is 18.9. The van der Waals surface area contributed by atoms with Crippen molar-refractivity contribution in [3.8, 4) is 11.4 Å². The standard InChI is InChI=1S/C20H22ClN5O.HI/c1-22-20(26(2)14-15-6-4-3-5-7-15)23-13-12-18-24-19(25-27-18)16-8-10-17(21)11-9-16;/h3-11H,12-14H2,1-2H3,(H,22,23);1H. The van der Waals surface area contributed by atoms with E-state index < -0.39 is 0 Å². The minimum atomic E-state index is 0. The minimum absolute atomic E-state index is 0. The first kappa shape index (κ1) is 22.2. The van der Waals surface area contributed by atoms with Gasteiger partial charge in [0.1, 0.15) is 0 Å². The van der Waals surface area contributed by atoms with Gasteiger partial charge in [-0.25, -0.2) is 0 Å². The summed E-state index contributed by atoms with van der Waals surface area (Å²) in [5, 5.41) is 8.03. The fourth-order valence-corrected chi connectivity index (χ4v) is 2.80. The van der Waals surface area contributed by atoms with Gasteiger partial charge < -0.3 is 14.7 Å². The lowest BCUT2D eigenvalue weighted by Crippen LogP contribution is -2.39. The summed E-state index contributed by atoms with van der Waals surface area (Å²) in [5.41, 5.74) is 2.10. The largest absolute Gasteiger partial charge is 0.356 e. The molecule has 1 aromatic heterocycles. The molecule has 8 heteroatoms. The molecule has 0 saturated carbocycles. The average molecular weight is 512 g/mol. The van der Waals surface area contributed by atoms with Gasteiger partial charge in [-0.1, -0.05) is 47.1 Å². The van der Waals surface area contributed by atoms with Gasteiger partial charge in [0.2, 0.25) is 11.7 Å². The third-order valence-corrected chi connectivity index (χ3v) is 4.28. The van der Waals surface area contributed by atoms with Crippen molar-refractivity contribution in [2.75, 3.05) is 20.6 Å². The van der Waals surface area contributed by atoms with E-state index in [4.69, 9.17) is 16.1 Å². The summed E-state index contributed by atoms with van der Waals surface area (Å²) in [6.45, 7) is 1.43. The van der Waals surface area contributed by atoms with Gasteiger partial charge in [-0.2, -0.15) is 4.98 Å². The van der Waals surface area contributed by atoms with Crippen molar-refractivity contribution in [3.05, 3.63) is 71.1 Å². The number of hydrogen-bond donors (Lipinski definition) is 1. The molecule has 0 bridgehead atoms. The van der Waals surface area contributed by atoms with Crippen LogP contribution in [0.3, 0.4) is 0 Å². The predicted molar refractivity (Wildman–Crippen MR) is 123 cm³/mol. The summed E-state index contributed by atoms with van der Waals surface area (Å²) in [6, 6.07) is 17.6. The number of aliphatic imine (C=N–C) groups is 1. The van der Waals surface area contributed by atoms with E-state index in [1.807, 2.05) is 37.4 Å². The first-order chi connectivity index (χ1) is 13.2. The number of nitrogens with zero attached hydrogens (tertiary/aromatic N) is 4. The van der Waals surface area contributed by atoms with Crippen LogP contribution >= 0.6 is 35.6 Å². The molecule has 28 heavy (non-hydrogen) atoms. The van der Waals surface area contributed by atoms with Crippen molar-refractivity contribution in [2.45, 2.75) is 13.0 Å². The Labute approximate surface area is 187 Å². The lowest BCUT2D eigenvalue weighted by atomic mass is 10.2. The van der Waals surface area contributed by atoms with Crippen molar-refractivity contribution in [2.24, 2.45) is 4.99 Å². The molecule has 2 aromatic carbocycles. The second kappa shape index (κ2) is 11.0. The van der Waals surface area contributed by atoms with Gasteiger partial charge in [0, 0.05) is 44.2 Å². The first-order valence-electron chi connectivity index (χ1n) is 8.70. The zero-order chi connectivity index (χ0) is 19.1. The molecule has 3 aromatic rings. The van der Waals surface area contributed by atoms with Crippen LogP contribution in [0.15, 0.2) is 64.1 Å². The second-order valence-electron chi connectivity index (χ2n) is 6.08. The van der Waals surface area contributed by atoms with E-state index in [-0.39, 0.29) is 24.0 Å². The van der Waals surface area contributed by atoms with Crippen LogP contribution < -0.4 is 5.32 Å². The molecule has 0 atom stereocenters. The Morgan fingerprint density at radius 1 is 1.14 bits per heavy atom. The fraction of sp³-hybridized carbons (Fsp3) is 0.250. The SMILES string of the molecule is CN=C(NCCc1nc(-c2ccc(Cl)cc2)no1)N(C)Cc1ccccc1.I. The molecule has 3 rings (SSSR count). The quantitative estimate of drug-likeness (QED) is 0.304. The molecular formula is C20H23ClIN5O. The van der Waals surface area contributed by atoms with E-state index in [1.54, 1.807) is 19.2 Å². The van der Waals surface area contributed by atoms with Crippen molar-refractivity contribution in [3.63, 3.8) is 0 Å². The molecule has 1 N–H and O–H groups in total. The van der Waals surface area contributed by atoms with E-state index in [1.165, 1.54) is 5.56 Å². The van der Waals surface area contributed by atoms with E-state index in [0.29, 0.717) is 29.7 Å². The summed E-state index contributed by atoms with van der Waals surface area (Å²) >= 11 is 5.91. The number of nitrogens with one attached hydrogen (secondary N) is 1. The first-order valence-corrected chi connectivity index (χ1v) is 9.08. The molecule has 0 unspecified atom stereocenters. The molecule has 6 nitrogen and oxygen atoms in total. The van der Waals surface area contributed by atoms with Crippen LogP contribution in [0, 0.1) is 0 Å². The second-order valence-corrected chi connectivity index (χ2v) is 6.52. The monoisotopic (exact) mass is 511 g/mol. The van der Waals surface area contributed by atoms with E-state index in [2.05, 4.69) is 37.5 Å². The van der Waals surface area contributed by atoms with Crippen LogP contribution in [0.5, 0.6) is 0 Å². The number of halogens is 2. The lowest BCUT2D eigenvalue weighted by molar-refractivity contribution is 0.377. The van der Waals surface area contributed by atoms with Crippen molar-refractivity contribution < 1.29 is 4.52 Å². The maximum absolute atomic E-state index is 5.91. The smallest absolute Gasteiger partial charge is 0.228 e. The van der Waals surface area contributed by atoms with Crippen molar-refractivity contribution >= 4 is 41.5 Å². The molecule has 0 saturated heterocycles. The third-order valence-electron chi connectivity index (χ3n) is 4.03. The maximum atomic E-state index is 5.91. The van der Waals surface area contributed by atoms with E-state index in [9.17, 15) is 0 Å². The average Bonchev–Trinajstić information content (AvgIpc) is 3.15. The van der Waals surface area contributed by atoms with E-state index in [0.717, 1.165) is 18.1 Å². The van der Waals surface area contributed by atoms with Gasteiger partial charge in [-0.05, 0) is 29.8 Å². The fourth-order valence-electron chi connectivity index (χ4n) is 2.67. The Kier molecular flexibility index (Phi) is 8.72. The summed E-state index contributed by atoms with van der Waals surface area (Å²) in [7, 11) is 3.78. The highest BCUT2D eigenvalue weighted by Gasteiger charge is 2.10. The van der Waals surface area contributed by atoms with Crippen LogP contribution in [-0.4, -0.2) is 41.6 Å². The summed E-state index contributed by atoms with van der Waals surface area (Å²) in [6.07, 6.45) is 0.610. The Hall–Kier alpha value is -2.13. The molecule has 0 amide bonds. The number of benzene rings is 2.